The summed E-state index contributed by atoms with van der Waals surface area (Å²) in [6, 6.07) is 0. The normalized spacial score (nSPS) is 11.9. The molecular weight excluding hydrogens is 251 g/mol. The molecule has 0 N–H and O–H groups in total. The Kier molecular flexibility index (Phi) is 3.77. The molecule has 0 spiro atoms. The van der Waals surface area contributed by atoms with E-state index in [0.29, 0.717) is 6.61 Å². The number of nitrogens with zero attached hydrogens (tertiary/aromatic N) is 2. The van der Waals surface area contributed by atoms with E-state index in [1.54, 1.807) is 0 Å². The van der Waals surface area contributed by atoms with Gasteiger partial charge in [0.25, 0.3) is 9.05 Å². The maximum atomic E-state index is 11.1. The molecule has 1 aromatic rings. The molecule has 8 heteroatoms. The molecule has 0 fully saturated rings. The van der Waals surface area contributed by atoms with E-state index in [2.05, 4.69) is 5.10 Å². The van der Waals surface area contributed by atoms with Gasteiger partial charge in [0.05, 0.1) is 24.4 Å². The molecule has 0 aliphatic carbocycles. The van der Waals surface area contributed by atoms with Gasteiger partial charge < -0.3 is 4.74 Å². The Balaban J connectivity index is 3.07. The van der Waals surface area contributed by atoms with Crippen LogP contribution in [0, 0.1) is 0 Å². The number of hydrogen-bond donors (Lipinski definition) is 0. The van der Waals surface area contributed by atoms with Crippen LogP contribution in [0.5, 0.6) is 0 Å². The SMILES string of the molecule is COCCn1ncc(Cl)c1S(=O)(=O)Cl. The molecule has 80 valence electrons. The molecule has 5 nitrogen and oxygen atoms in total. The zero-order chi connectivity index (χ0) is 10.8. The van der Waals surface area contributed by atoms with Crippen LogP contribution in [-0.2, 0) is 20.3 Å². The van der Waals surface area contributed by atoms with Gasteiger partial charge >= 0.3 is 0 Å². The standard InChI is InChI=1S/C6H8Cl2N2O3S/c1-13-3-2-10-6(14(8,11)12)5(7)4-9-10/h4H,2-3H2,1H3. The van der Waals surface area contributed by atoms with Crippen molar-refractivity contribution in [3.05, 3.63) is 11.2 Å². The molecule has 0 saturated heterocycles. The molecule has 0 amide bonds. The van der Waals surface area contributed by atoms with Gasteiger partial charge in [-0.25, -0.2) is 13.1 Å². The summed E-state index contributed by atoms with van der Waals surface area (Å²) in [5.74, 6) is 0. The van der Waals surface area contributed by atoms with E-state index >= 15 is 0 Å². The molecule has 0 saturated carbocycles. The summed E-state index contributed by atoms with van der Waals surface area (Å²) in [5.41, 5.74) is 0. The number of ether oxygens (including phenoxy) is 1. The first kappa shape index (κ1) is 11.8. The Morgan fingerprint density at radius 2 is 2.29 bits per heavy atom. The van der Waals surface area contributed by atoms with Crippen LogP contribution in [0.2, 0.25) is 5.02 Å². The third kappa shape index (κ3) is 2.60. The Hall–Kier alpha value is -0.300. The van der Waals surface area contributed by atoms with Crippen LogP contribution >= 0.6 is 22.3 Å². The minimum absolute atomic E-state index is 0.0103. The molecule has 0 aromatic carbocycles. The largest absolute Gasteiger partial charge is 0.383 e. The Labute approximate surface area is 91.0 Å². The van der Waals surface area contributed by atoms with Crippen molar-refractivity contribution >= 4 is 31.3 Å². The topological polar surface area (TPSA) is 61.2 Å². The summed E-state index contributed by atoms with van der Waals surface area (Å²) in [7, 11) is 2.81. The lowest BCUT2D eigenvalue weighted by molar-refractivity contribution is 0.180. The average Bonchev–Trinajstić information content (AvgIpc) is 2.42. The third-order valence-electron chi connectivity index (χ3n) is 1.49. The first-order valence-electron chi connectivity index (χ1n) is 3.61. The molecular formula is C6H8Cl2N2O3S. The lowest BCUT2D eigenvalue weighted by Gasteiger charge is -2.03. The zero-order valence-corrected chi connectivity index (χ0v) is 9.60. The smallest absolute Gasteiger partial charge is 0.279 e. The van der Waals surface area contributed by atoms with Crippen LogP contribution in [0.4, 0.5) is 0 Å². The van der Waals surface area contributed by atoms with Gasteiger partial charge in [0, 0.05) is 17.8 Å². The maximum absolute atomic E-state index is 11.1. The van der Waals surface area contributed by atoms with E-state index < -0.39 is 9.05 Å². The van der Waals surface area contributed by atoms with Crippen LogP contribution in [0.15, 0.2) is 11.2 Å². The highest BCUT2D eigenvalue weighted by atomic mass is 35.7. The van der Waals surface area contributed by atoms with Crippen LogP contribution in [0.1, 0.15) is 0 Å². The van der Waals surface area contributed by atoms with Gasteiger partial charge in [-0.3, -0.25) is 0 Å². The summed E-state index contributed by atoms with van der Waals surface area (Å²) in [6.07, 6.45) is 1.23. The summed E-state index contributed by atoms with van der Waals surface area (Å²) < 4.78 is 28.1. The zero-order valence-electron chi connectivity index (χ0n) is 7.27. The molecule has 14 heavy (non-hydrogen) atoms. The molecule has 0 aliphatic rings. The fraction of sp³-hybridized carbons (Fsp3) is 0.500. The lowest BCUT2D eigenvalue weighted by Crippen LogP contribution is -2.11. The molecule has 0 aliphatic heterocycles. The van der Waals surface area contributed by atoms with Crippen LogP contribution < -0.4 is 0 Å². The second-order valence-corrected chi connectivity index (χ2v) is 5.34. The molecule has 0 unspecified atom stereocenters. The summed E-state index contributed by atoms with van der Waals surface area (Å²) in [5, 5.41) is 3.57. The predicted molar refractivity (Wildman–Crippen MR) is 52.2 cm³/mol. The highest BCUT2D eigenvalue weighted by Crippen LogP contribution is 2.23. The van der Waals surface area contributed by atoms with E-state index in [0.717, 1.165) is 0 Å². The second-order valence-electron chi connectivity index (χ2n) is 2.45. The van der Waals surface area contributed by atoms with E-state index in [9.17, 15) is 8.42 Å². The van der Waals surface area contributed by atoms with Crippen molar-refractivity contribution in [3.63, 3.8) is 0 Å². The van der Waals surface area contributed by atoms with Crippen LogP contribution in [-0.4, -0.2) is 31.9 Å². The fourth-order valence-corrected chi connectivity index (χ4v) is 2.66. The Morgan fingerprint density at radius 1 is 1.64 bits per heavy atom. The van der Waals surface area contributed by atoms with Crippen LogP contribution in [0.25, 0.3) is 0 Å². The van der Waals surface area contributed by atoms with Gasteiger partial charge in [-0.1, -0.05) is 11.6 Å². The number of methoxy groups -OCH3 is 1. The first-order valence-corrected chi connectivity index (χ1v) is 6.30. The molecule has 0 atom stereocenters. The van der Waals surface area contributed by atoms with Crippen molar-refractivity contribution in [2.24, 2.45) is 0 Å². The minimum Gasteiger partial charge on any atom is -0.383 e. The Bertz CT molecular complexity index is 415. The van der Waals surface area contributed by atoms with Gasteiger partial charge in [-0.15, -0.1) is 0 Å². The molecule has 0 radical (unpaired) electrons. The Morgan fingerprint density at radius 3 is 2.79 bits per heavy atom. The van der Waals surface area contributed by atoms with Gasteiger partial charge in [-0.2, -0.15) is 5.10 Å². The lowest BCUT2D eigenvalue weighted by atomic mass is 10.7. The van der Waals surface area contributed by atoms with Gasteiger partial charge in [0.2, 0.25) is 0 Å². The monoisotopic (exact) mass is 258 g/mol. The van der Waals surface area contributed by atoms with Crippen molar-refractivity contribution in [1.29, 1.82) is 0 Å². The highest BCUT2D eigenvalue weighted by molar-refractivity contribution is 8.13. The van der Waals surface area contributed by atoms with Gasteiger partial charge in [0.1, 0.15) is 0 Å². The van der Waals surface area contributed by atoms with Crippen molar-refractivity contribution in [1.82, 2.24) is 9.78 Å². The van der Waals surface area contributed by atoms with Gasteiger partial charge in [0.15, 0.2) is 5.03 Å². The second kappa shape index (κ2) is 4.48. The van der Waals surface area contributed by atoms with E-state index in [4.69, 9.17) is 27.0 Å². The first-order chi connectivity index (χ1) is 6.46. The summed E-state index contributed by atoms with van der Waals surface area (Å²) in [6.45, 7) is 0.613. The number of halogens is 2. The molecule has 1 rings (SSSR count). The van der Waals surface area contributed by atoms with Gasteiger partial charge in [-0.05, 0) is 0 Å². The number of aromatic nitrogens is 2. The fourth-order valence-electron chi connectivity index (χ4n) is 0.931. The van der Waals surface area contributed by atoms with E-state index in [1.165, 1.54) is 18.0 Å². The third-order valence-corrected chi connectivity index (χ3v) is 3.21. The highest BCUT2D eigenvalue weighted by Gasteiger charge is 2.21. The summed E-state index contributed by atoms with van der Waals surface area (Å²) in [4.78, 5) is 0. The van der Waals surface area contributed by atoms with E-state index in [1.807, 2.05) is 0 Å². The van der Waals surface area contributed by atoms with Crippen molar-refractivity contribution in [2.45, 2.75) is 11.6 Å². The van der Waals surface area contributed by atoms with Crippen LogP contribution in [0.3, 0.4) is 0 Å². The average molecular weight is 259 g/mol. The van der Waals surface area contributed by atoms with Crippen molar-refractivity contribution in [2.75, 3.05) is 13.7 Å². The van der Waals surface area contributed by atoms with E-state index in [-0.39, 0.29) is 16.6 Å². The maximum Gasteiger partial charge on any atom is 0.279 e. The number of rotatable bonds is 4. The molecule has 1 heterocycles. The molecule has 0 bridgehead atoms. The number of hydrogen-bond acceptors (Lipinski definition) is 4. The quantitative estimate of drug-likeness (QED) is 0.760. The predicted octanol–water partition coefficient (Wildman–Crippen LogP) is 1.11. The molecule has 1 aromatic heterocycles. The van der Waals surface area contributed by atoms with Crippen molar-refractivity contribution < 1.29 is 13.2 Å². The minimum atomic E-state index is -3.87. The summed E-state index contributed by atoms with van der Waals surface area (Å²) >= 11 is 5.62. The van der Waals surface area contributed by atoms with Crippen molar-refractivity contribution in [3.8, 4) is 0 Å².